The van der Waals surface area contributed by atoms with E-state index in [-0.39, 0.29) is 18.7 Å². The molecule has 0 saturated carbocycles. The number of carbonyl (C=O) groups is 3. The molecule has 0 aromatic heterocycles. The van der Waals surface area contributed by atoms with Crippen LogP contribution >= 0.6 is 0 Å². The van der Waals surface area contributed by atoms with Gasteiger partial charge in [-0.3, -0.25) is 19.7 Å². The van der Waals surface area contributed by atoms with Crippen molar-refractivity contribution in [3.63, 3.8) is 0 Å². The van der Waals surface area contributed by atoms with E-state index >= 15 is 0 Å². The number of amides is 1. The summed E-state index contributed by atoms with van der Waals surface area (Å²) in [6.07, 6.45) is -0.324. The highest BCUT2D eigenvalue weighted by Gasteiger charge is 2.33. The van der Waals surface area contributed by atoms with Crippen LogP contribution in [-0.2, 0) is 14.3 Å². The largest absolute Gasteiger partial charge is 0.480 e. The molecule has 0 fully saturated rings. The van der Waals surface area contributed by atoms with Gasteiger partial charge in [0.05, 0.1) is 18.0 Å². The maximum atomic E-state index is 12.8. The van der Waals surface area contributed by atoms with Crippen molar-refractivity contribution in [1.29, 1.82) is 0 Å². The number of aryl methyl sites for hydroxylation is 2. The lowest BCUT2D eigenvalue weighted by atomic mass is 9.88. The fourth-order valence-electron chi connectivity index (χ4n) is 3.34. The molecular weight excluding hydrogens is 404 g/mol. The number of carboxylic acids is 1. The number of nitrogens with one attached hydrogen (secondary N) is 1. The van der Waals surface area contributed by atoms with Gasteiger partial charge in [0, 0.05) is 23.6 Å². The summed E-state index contributed by atoms with van der Waals surface area (Å²) in [5, 5.41) is 23.2. The van der Waals surface area contributed by atoms with Crippen LogP contribution in [0, 0.1) is 24.0 Å². The van der Waals surface area contributed by atoms with Gasteiger partial charge in [0.25, 0.3) is 11.6 Å². The van der Waals surface area contributed by atoms with Crippen LogP contribution in [0.3, 0.4) is 0 Å². The number of benzene rings is 2. The minimum absolute atomic E-state index is 0.110. The molecule has 0 radical (unpaired) electrons. The minimum Gasteiger partial charge on any atom is -0.480 e. The number of carboxylic acid groups (broad SMARTS) is 1. The van der Waals surface area contributed by atoms with Crippen LogP contribution in [0.25, 0.3) is 0 Å². The second kappa shape index (κ2) is 10.3. The highest BCUT2D eigenvalue weighted by molar-refractivity contribution is 5.97. The Kier molecular flexibility index (Phi) is 7.84. The van der Waals surface area contributed by atoms with Gasteiger partial charge < -0.3 is 15.2 Å². The Morgan fingerprint density at radius 1 is 1.10 bits per heavy atom. The predicted octanol–water partition coefficient (Wildman–Crippen LogP) is 3.13. The van der Waals surface area contributed by atoms with Gasteiger partial charge >= 0.3 is 11.9 Å². The Hall–Kier alpha value is -3.75. The molecule has 0 aliphatic carbocycles. The molecule has 0 unspecified atom stereocenters. The van der Waals surface area contributed by atoms with Gasteiger partial charge in [-0.25, -0.2) is 4.79 Å². The number of carbonyl (C=O) groups excluding carboxylic acids is 2. The Morgan fingerprint density at radius 3 is 2.16 bits per heavy atom. The highest BCUT2D eigenvalue weighted by atomic mass is 16.6. The van der Waals surface area contributed by atoms with Crippen molar-refractivity contribution in [3.05, 3.63) is 74.8 Å². The highest BCUT2D eigenvalue weighted by Crippen LogP contribution is 2.27. The first-order valence-corrected chi connectivity index (χ1v) is 9.64. The van der Waals surface area contributed by atoms with Crippen molar-refractivity contribution < 1.29 is 29.2 Å². The molecule has 9 nitrogen and oxygen atoms in total. The second-order valence-corrected chi connectivity index (χ2v) is 7.13. The van der Waals surface area contributed by atoms with Gasteiger partial charge in [-0.1, -0.05) is 29.3 Å². The van der Waals surface area contributed by atoms with Gasteiger partial charge in [-0.15, -0.1) is 0 Å². The van der Waals surface area contributed by atoms with E-state index < -0.39 is 34.7 Å². The molecule has 0 aliphatic heterocycles. The summed E-state index contributed by atoms with van der Waals surface area (Å²) in [5.41, 5.74) is 2.16. The third-order valence-corrected chi connectivity index (χ3v) is 4.66. The van der Waals surface area contributed by atoms with Crippen LogP contribution in [0.5, 0.6) is 0 Å². The lowest BCUT2D eigenvalue weighted by Gasteiger charge is -2.25. The predicted molar refractivity (Wildman–Crippen MR) is 112 cm³/mol. The van der Waals surface area contributed by atoms with E-state index in [1.54, 1.807) is 19.1 Å². The quantitative estimate of drug-likeness (QED) is 0.356. The summed E-state index contributed by atoms with van der Waals surface area (Å²) in [6, 6.07) is 8.88. The summed E-state index contributed by atoms with van der Waals surface area (Å²) in [6.45, 7) is 5.37. The number of aliphatic carboxylic acids is 1. The van der Waals surface area contributed by atoms with Crippen molar-refractivity contribution in [2.24, 2.45) is 0 Å². The summed E-state index contributed by atoms with van der Waals surface area (Å²) in [4.78, 5) is 47.3. The van der Waals surface area contributed by atoms with Gasteiger partial charge in [0.1, 0.15) is 6.04 Å². The standard InChI is InChI=1S/C22H24N2O7/c1-4-31-19(25)12-18(15-5-7-17(8-6-15)24(29)30)20(22(27)28)23-21(26)16-10-13(2)9-14(3)11-16/h5-11,18,20H,4,12H2,1-3H3,(H,23,26)(H,27,28)/t18-,20+/m0/s1. The number of hydrogen-bond donors (Lipinski definition) is 2. The zero-order chi connectivity index (χ0) is 23.1. The smallest absolute Gasteiger partial charge is 0.326 e. The van der Waals surface area contributed by atoms with Crippen LogP contribution in [0.15, 0.2) is 42.5 Å². The van der Waals surface area contributed by atoms with Gasteiger partial charge in [-0.05, 0) is 38.5 Å². The molecule has 9 heteroatoms. The average Bonchev–Trinajstić information content (AvgIpc) is 2.69. The number of esters is 1. The number of ether oxygens (including phenoxy) is 1. The van der Waals surface area contributed by atoms with Crippen molar-refractivity contribution in [2.75, 3.05) is 6.61 Å². The van der Waals surface area contributed by atoms with Crippen molar-refractivity contribution in [1.82, 2.24) is 5.32 Å². The fourth-order valence-corrected chi connectivity index (χ4v) is 3.34. The molecule has 2 atom stereocenters. The lowest BCUT2D eigenvalue weighted by Crippen LogP contribution is -2.45. The van der Waals surface area contributed by atoms with E-state index in [1.807, 2.05) is 19.9 Å². The Labute approximate surface area is 179 Å². The Balaban J connectivity index is 2.40. The molecule has 2 aromatic rings. The van der Waals surface area contributed by atoms with Crippen molar-refractivity contribution in [2.45, 2.75) is 39.2 Å². The monoisotopic (exact) mass is 428 g/mol. The number of nitro groups is 1. The zero-order valence-electron chi connectivity index (χ0n) is 17.5. The summed E-state index contributed by atoms with van der Waals surface area (Å²) < 4.78 is 4.95. The minimum atomic E-state index is -1.46. The van der Waals surface area contributed by atoms with Gasteiger partial charge in [0.15, 0.2) is 0 Å². The number of hydrogen-bond acceptors (Lipinski definition) is 6. The van der Waals surface area contributed by atoms with Crippen LogP contribution in [-0.4, -0.2) is 40.5 Å². The maximum absolute atomic E-state index is 12.8. The SMILES string of the molecule is CCOC(=O)C[C@@H](c1ccc([N+](=O)[O-])cc1)[C@@H](NC(=O)c1cc(C)cc(C)c1)C(=O)O. The lowest BCUT2D eigenvalue weighted by molar-refractivity contribution is -0.384. The molecule has 2 N–H and O–H groups in total. The third kappa shape index (κ3) is 6.36. The fraction of sp³-hybridized carbons (Fsp3) is 0.318. The summed E-state index contributed by atoms with van der Waals surface area (Å²) in [7, 11) is 0. The topological polar surface area (TPSA) is 136 Å². The van der Waals surface area contributed by atoms with Crippen LogP contribution < -0.4 is 5.32 Å². The second-order valence-electron chi connectivity index (χ2n) is 7.13. The molecule has 0 spiro atoms. The van der Waals surface area contributed by atoms with Crippen LogP contribution in [0.2, 0.25) is 0 Å². The molecule has 2 aromatic carbocycles. The molecular formula is C22H24N2O7. The molecule has 164 valence electrons. The number of nitro benzene ring substituents is 1. The Bertz CT molecular complexity index is 966. The third-order valence-electron chi connectivity index (χ3n) is 4.66. The Morgan fingerprint density at radius 2 is 1.68 bits per heavy atom. The van der Waals surface area contributed by atoms with E-state index in [2.05, 4.69) is 5.32 Å². The molecule has 0 aliphatic rings. The summed E-state index contributed by atoms with van der Waals surface area (Å²) in [5.74, 6) is -3.58. The molecule has 31 heavy (non-hydrogen) atoms. The summed E-state index contributed by atoms with van der Waals surface area (Å²) >= 11 is 0. The average molecular weight is 428 g/mol. The zero-order valence-corrected chi connectivity index (χ0v) is 17.5. The first-order valence-electron chi connectivity index (χ1n) is 9.64. The first-order chi connectivity index (χ1) is 14.6. The first kappa shape index (κ1) is 23.5. The molecule has 1 amide bonds. The normalized spacial score (nSPS) is 12.5. The van der Waals surface area contributed by atoms with E-state index in [9.17, 15) is 29.6 Å². The van der Waals surface area contributed by atoms with Gasteiger partial charge in [-0.2, -0.15) is 0 Å². The van der Waals surface area contributed by atoms with E-state index in [0.717, 1.165) is 11.1 Å². The van der Waals surface area contributed by atoms with Crippen LogP contribution in [0.4, 0.5) is 5.69 Å². The molecule has 2 rings (SSSR count). The van der Waals surface area contributed by atoms with Crippen molar-refractivity contribution in [3.8, 4) is 0 Å². The number of rotatable bonds is 9. The molecule has 0 bridgehead atoms. The van der Waals surface area contributed by atoms with Gasteiger partial charge in [0.2, 0.25) is 0 Å². The van der Waals surface area contributed by atoms with Crippen LogP contribution in [0.1, 0.15) is 46.3 Å². The molecule has 0 saturated heterocycles. The van der Waals surface area contributed by atoms with Crippen molar-refractivity contribution >= 4 is 23.5 Å². The van der Waals surface area contributed by atoms with E-state index in [4.69, 9.17) is 4.74 Å². The van der Waals surface area contributed by atoms with E-state index in [0.29, 0.717) is 11.1 Å². The van der Waals surface area contributed by atoms with E-state index in [1.165, 1.54) is 24.3 Å². The number of nitrogens with zero attached hydrogens (tertiary/aromatic N) is 1. The maximum Gasteiger partial charge on any atom is 0.326 e. The molecule has 0 heterocycles. The number of non-ortho nitro benzene ring substituents is 1.